The minimum atomic E-state index is -0.843. The maximum absolute atomic E-state index is 12.5. The molecular formula is C34H45Cl2N5O3. The van der Waals surface area contributed by atoms with Gasteiger partial charge in [0.15, 0.2) is 5.65 Å². The molecule has 5 rings (SSSR count). The topological polar surface area (TPSA) is 81.0 Å². The van der Waals surface area contributed by atoms with Gasteiger partial charge in [-0.1, -0.05) is 60.7 Å². The van der Waals surface area contributed by atoms with Crippen molar-refractivity contribution in [3.8, 4) is 0 Å². The number of benzene rings is 2. The van der Waals surface area contributed by atoms with Crippen molar-refractivity contribution in [2.75, 3.05) is 38.1 Å². The highest BCUT2D eigenvalue weighted by Crippen LogP contribution is 2.30. The van der Waals surface area contributed by atoms with E-state index in [0.717, 1.165) is 62.6 Å². The number of carbonyl (C=O) groups excluding carboxylic acids is 1. The van der Waals surface area contributed by atoms with E-state index in [2.05, 4.69) is 70.9 Å². The summed E-state index contributed by atoms with van der Waals surface area (Å²) in [7, 11) is 0. The van der Waals surface area contributed by atoms with E-state index in [9.17, 15) is 4.79 Å². The molecule has 1 saturated heterocycles. The maximum Gasteiger partial charge on any atom is 0.317 e. The van der Waals surface area contributed by atoms with E-state index >= 15 is 0 Å². The molecule has 1 fully saturated rings. The van der Waals surface area contributed by atoms with E-state index in [0.29, 0.717) is 12.3 Å². The number of esters is 1. The van der Waals surface area contributed by atoms with Crippen LogP contribution in [0.2, 0.25) is 0 Å². The molecule has 8 nitrogen and oxygen atoms in total. The van der Waals surface area contributed by atoms with E-state index in [1.807, 2.05) is 44.3 Å². The molecule has 0 bridgehead atoms. The standard InChI is InChI=1S/C34H43N5O3.2ClH/c1-5-41-33(40)34(3,4)32-25(2)39-30(36-32)18-17-29(37-39)35-21-12-22-38-23-19-28(20-24-38)42-31(26-13-8-6-9-14-26)27-15-10-7-11-16-27;;/h6-11,13-18,28,31H,5,12,19-24H2,1-4H3,(H,35,37);2*1H. The summed E-state index contributed by atoms with van der Waals surface area (Å²) in [6.45, 7) is 11.7. The molecular weight excluding hydrogens is 597 g/mol. The zero-order valence-corrected chi connectivity index (χ0v) is 27.7. The van der Waals surface area contributed by atoms with Gasteiger partial charge in [-0.25, -0.2) is 9.50 Å². The normalized spacial score (nSPS) is 14.2. The Morgan fingerprint density at radius 3 is 2.18 bits per heavy atom. The van der Waals surface area contributed by atoms with Crippen LogP contribution in [0.1, 0.15) is 68.7 Å². The molecule has 0 amide bonds. The van der Waals surface area contributed by atoms with Crippen LogP contribution < -0.4 is 5.32 Å². The van der Waals surface area contributed by atoms with Gasteiger partial charge in [0.05, 0.1) is 24.1 Å². The first kappa shape index (κ1) is 35.3. The Labute approximate surface area is 273 Å². The van der Waals surface area contributed by atoms with Gasteiger partial charge in [-0.2, -0.15) is 0 Å². The zero-order chi connectivity index (χ0) is 29.5. The van der Waals surface area contributed by atoms with E-state index in [4.69, 9.17) is 19.6 Å². The number of halogens is 2. The highest BCUT2D eigenvalue weighted by atomic mass is 35.5. The van der Waals surface area contributed by atoms with Crippen molar-refractivity contribution in [1.29, 1.82) is 0 Å². The van der Waals surface area contributed by atoms with Crippen LogP contribution in [0.4, 0.5) is 5.82 Å². The second-order valence-corrected chi connectivity index (χ2v) is 11.5. The molecule has 44 heavy (non-hydrogen) atoms. The molecule has 1 aliphatic rings. The SMILES string of the molecule is CCOC(=O)C(C)(C)c1nc2ccc(NCCCN3CCC(OC(c4ccccc4)c4ccccc4)CC3)nn2c1C.Cl.Cl. The summed E-state index contributed by atoms with van der Waals surface area (Å²) in [6.07, 6.45) is 3.30. The molecule has 2 aromatic heterocycles. The number of hydrogen-bond acceptors (Lipinski definition) is 7. The molecule has 4 aromatic rings. The number of nitrogens with zero attached hydrogens (tertiary/aromatic N) is 4. The number of likely N-dealkylation sites (tertiary alicyclic amines) is 1. The Morgan fingerprint density at radius 1 is 0.977 bits per heavy atom. The number of rotatable bonds is 12. The Balaban J connectivity index is 0.00000264. The predicted molar refractivity (Wildman–Crippen MR) is 180 cm³/mol. The van der Waals surface area contributed by atoms with E-state index in [-0.39, 0.29) is 43.0 Å². The summed E-state index contributed by atoms with van der Waals surface area (Å²) in [4.78, 5) is 19.8. The summed E-state index contributed by atoms with van der Waals surface area (Å²) >= 11 is 0. The minimum absolute atomic E-state index is 0. The lowest BCUT2D eigenvalue weighted by atomic mass is 9.88. The second-order valence-electron chi connectivity index (χ2n) is 11.5. The molecule has 1 aliphatic heterocycles. The average Bonchev–Trinajstić information content (AvgIpc) is 3.36. The van der Waals surface area contributed by atoms with Crippen molar-refractivity contribution < 1.29 is 14.3 Å². The van der Waals surface area contributed by atoms with Gasteiger partial charge in [0.2, 0.25) is 0 Å². The molecule has 3 heterocycles. The molecule has 0 spiro atoms. The fraction of sp³-hybridized carbons (Fsp3) is 0.441. The van der Waals surface area contributed by atoms with Crippen LogP contribution in [0.25, 0.3) is 5.65 Å². The Hall–Kier alpha value is -3.17. The zero-order valence-electron chi connectivity index (χ0n) is 26.1. The summed E-state index contributed by atoms with van der Waals surface area (Å²) < 4.78 is 13.8. The lowest BCUT2D eigenvalue weighted by Gasteiger charge is -2.34. The van der Waals surface area contributed by atoms with Crippen molar-refractivity contribution in [2.24, 2.45) is 0 Å². The fourth-order valence-electron chi connectivity index (χ4n) is 5.72. The van der Waals surface area contributed by atoms with Crippen molar-refractivity contribution >= 4 is 42.2 Å². The minimum Gasteiger partial charge on any atom is -0.465 e. The summed E-state index contributed by atoms with van der Waals surface area (Å²) in [5, 5.41) is 8.21. The Morgan fingerprint density at radius 2 is 1.59 bits per heavy atom. The van der Waals surface area contributed by atoms with Crippen molar-refractivity contribution in [1.82, 2.24) is 19.5 Å². The number of fused-ring (bicyclic) bond motifs is 1. The number of aromatic nitrogens is 3. The summed E-state index contributed by atoms with van der Waals surface area (Å²) in [5.41, 5.74) is 3.82. The van der Waals surface area contributed by atoms with Gasteiger partial charge in [0, 0.05) is 19.6 Å². The third-order valence-electron chi connectivity index (χ3n) is 8.10. The Bertz CT molecular complexity index is 1420. The lowest BCUT2D eigenvalue weighted by molar-refractivity contribution is -0.148. The fourth-order valence-corrected chi connectivity index (χ4v) is 5.72. The smallest absolute Gasteiger partial charge is 0.317 e. The van der Waals surface area contributed by atoms with Crippen LogP contribution in [0.5, 0.6) is 0 Å². The number of nitrogens with one attached hydrogen (secondary N) is 1. The van der Waals surface area contributed by atoms with Crippen LogP contribution >= 0.6 is 24.8 Å². The molecule has 0 atom stereocenters. The molecule has 238 valence electrons. The van der Waals surface area contributed by atoms with Gasteiger partial charge < -0.3 is 19.7 Å². The molecule has 0 radical (unpaired) electrons. The van der Waals surface area contributed by atoms with Gasteiger partial charge in [-0.3, -0.25) is 4.79 Å². The van der Waals surface area contributed by atoms with Crippen LogP contribution in [0, 0.1) is 6.92 Å². The number of imidazole rings is 1. The largest absolute Gasteiger partial charge is 0.465 e. The summed E-state index contributed by atoms with van der Waals surface area (Å²) in [6, 6.07) is 24.9. The third kappa shape index (κ3) is 8.30. The number of ether oxygens (including phenoxy) is 2. The van der Waals surface area contributed by atoms with E-state index < -0.39 is 5.41 Å². The lowest BCUT2D eigenvalue weighted by Crippen LogP contribution is -2.38. The molecule has 0 saturated carbocycles. The average molecular weight is 643 g/mol. The molecule has 1 N–H and O–H groups in total. The van der Waals surface area contributed by atoms with Gasteiger partial charge in [-0.05, 0) is 76.8 Å². The van der Waals surface area contributed by atoms with Crippen LogP contribution in [-0.2, 0) is 19.7 Å². The van der Waals surface area contributed by atoms with E-state index in [1.54, 1.807) is 0 Å². The summed E-state index contributed by atoms with van der Waals surface area (Å²) in [5.74, 6) is 0.515. The number of aryl methyl sites for hydroxylation is 1. The number of carbonyl (C=O) groups is 1. The monoisotopic (exact) mass is 641 g/mol. The highest BCUT2D eigenvalue weighted by molar-refractivity contribution is 5.85. The van der Waals surface area contributed by atoms with Gasteiger partial charge >= 0.3 is 5.97 Å². The highest BCUT2D eigenvalue weighted by Gasteiger charge is 2.36. The predicted octanol–water partition coefficient (Wildman–Crippen LogP) is 6.79. The first-order valence-corrected chi connectivity index (χ1v) is 15.1. The first-order chi connectivity index (χ1) is 20.4. The molecule has 10 heteroatoms. The van der Waals surface area contributed by atoms with Crippen molar-refractivity contribution in [2.45, 2.75) is 64.6 Å². The first-order valence-electron chi connectivity index (χ1n) is 15.1. The molecule has 0 unspecified atom stereocenters. The molecule has 2 aromatic carbocycles. The van der Waals surface area contributed by atoms with Crippen molar-refractivity contribution in [3.05, 3.63) is 95.3 Å². The van der Waals surface area contributed by atoms with Crippen LogP contribution in [0.15, 0.2) is 72.8 Å². The Kier molecular flexibility index (Phi) is 13.0. The molecule has 0 aliphatic carbocycles. The van der Waals surface area contributed by atoms with Gasteiger partial charge in [0.25, 0.3) is 0 Å². The number of hydrogen-bond donors (Lipinski definition) is 1. The maximum atomic E-state index is 12.5. The third-order valence-corrected chi connectivity index (χ3v) is 8.10. The quantitative estimate of drug-likeness (QED) is 0.135. The van der Waals surface area contributed by atoms with Gasteiger partial charge in [0.1, 0.15) is 17.3 Å². The van der Waals surface area contributed by atoms with Crippen molar-refractivity contribution in [3.63, 3.8) is 0 Å². The van der Waals surface area contributed by atoms with Crippen LogP contribution in [0.3, 0.4) is 0 Å². The van der Waals surface area contributed by atoms with Crippen LogP contribution in [-0.4, -0.2) is 64.4 Å². The second kappa shape index (κ2) is 16.2. The number of piperidine rings is 1. The van der Waals surface area contributed by atoms with E-state index in [1.165, 1.54) is 11.1 Å². The number of anilines is 1. The van der Waals surface area contributed by atoms with Gasteiger partial charge in [-0.15, -0.1) is 29.9 Å².